The van der Waals surface area contributed by atoms with Gasteiger partial charge < -0.3 is 21.7 Å². The largest absolute Gasteiger partial charge is 0.330 e. The summed E-state index contributed by atoms with van der Waals surface area (Å²) in [6.45, 7) is 7.17. The monoisotopic (exact) mass is 290 g/mol. The van der Waals surface area contributed by atoms with E-state index in [9.17, 15) is 0 Å². The molecule has 1 saturated heterocycles. The summed E-state index contributed by atoms with van der Waals surface area (Å²) in [5, 5.41) is 10.4. The minimum atomic E-state index is 0.759. The average molecular weight is 290 g/mol. The number of benzene rings is 1. The number of piperidine rings is 1. The number of nitrogens with one attached hydrogen (secondary N) is 3. The molecule has 0 spiro atoms. The van der Waals surface area contributed by atoms with Gasteiger partial charge >= 0.3 is 0 Å². The number of rotatable bonds is 9. The van der Waals surface area contributed by atoms with Crippen LogP contribution < -0.4 is 21.7 Å². The minimum Gasteiger partial charge on any atom is -0.330 e. The van der Waals surface area contributed by atoms with E-state index in [1.807, 2.05) is 0 Å². The van der Waals surface area contributed by atoms with Crippen molar-refractivity contribution in [1.29, 1.82) is 0 Å². The second-order valence-electron chi connectivity index (χ2n) is 5.96. The van der Waals surface area contributed by atoms with Gasteiger partial charge in [0, 0.05) is 13.1 Å². The Kier molecular flexibility index (Phi) is 7.75. The molecule has 4 nitrogen and oxygen atoms in total. The van der Waals surface area contributed by atoms with Crippen molar-refractivity contribution in [3.05, 3.63) is 35.4 Å². The van der Waals surface area contributed by atoms with Crippen molar-refractivity contribution in [2.75, 3.05) is 32.7 Å². The van der Waals surface area contributed by atoms with Crippen LogP contribution in [0.1, 0.15) is 30.4 Å². The van der Waals surface area contributed by atoms with Crippen molar-refractivity contribution in [3.63, 3.8) is 0 Å². The predicted octanol–water partition coefficient (Wildman–Crippen LogP) is 1.21. The molecular weight excluding hydrogens is 260 g/mol. The molecule has 21 heavy (non-hydrogen) atoms. The zero-order chi connectivity index (χ0) is 14.8. The fourth-order valence-corrected chi connectivity index (χ4v) is 2.74. The Bertz CT molecular complexity index is 371. The number of nitrogens with two attached hydrogens (primary N) is 1. The Morgan fingerprint density at radius 3 is 2.24 bits per heavy atom. The lowest BCUT2D eigenvalue weighted by Gasteiger charge is -2.22. The van der Waals surface area contributed by atoms with E-state index < -0.39 is 0 Å². The maximum Gasteiger partial charge on any atom is 0.0205 e. The number of hydrogen-bond donors (Lipinski definition) is 4. The van der Waals surface area contributed by atoms with Crippen LogP contribution in [0, 0.1) is 5.92 Å². The topological polar surface area (TPSA) is 62.1 Å². The fourth-order valence-electron chi connectivity index (χ4n) is 2.74. The molecule has 1 aliphatic heterocycles. The van der Waals surface area contributed by atoms with Gasteiger partial charge in [-0.05, 0) is 69.0 Å². The smallest absolute Gasteiger partial charge is 0.0205 e. The van der Waals surface area contributed by atoms with E-state index >= 15 is 0 Å². The van der Waals surface area contributed by atoms with Crippen LogP contribution in [-0.4, -0.2) is 32.7 Å². The molecule has 0 unspecified atom stereocenters. The Morgan fingerprint density at radius 1 is 1.00 bits per heavy atom. The molecule has 0 amide bonds. The van der Waals surface area contributed by atoms with Gasteiger partial charge in [-0.1, -0.05) is 24.3 Å². The number of hydrogen-bond acceptors (Lipinski definition) is 4. The summed E-state index contributed by atoms with van der Waals surface area (Å²) in [5.74, 6) is 0.845. The summed E-state index contributed by atoms with van der Waals surface area (Å²) in [7, 11) is 0. The summed E-state index contributed by atoms with van der Waals surface area (Å²) in [6.07, 6.45) is 3.65. The molecule has 0 aromatic heterocycles. The Balaban J connectivity index is 1.62. The zero-order valence-corrected chi connectivity index (χ0v) is 13.0. The molecule has 2 rings (SSSR count). The molecule has 1 heterocycles. The first kappa shape index (κ1) is 16.4. The normalized spacial score (nSPS) is 16.2. The molecule has 0 aliphatic carbocycles. The van der Waals surface area contributed by atoms with Crippen LogP contribution in [-0.2, 0) is 13.1 Å². The van der Waals surface area contributed by atoms with Crippen LogP contribution in [0.4, 0.5) is 0 Å². The SMILES string of the molecule is NCCCNCc1ccc(CNCC2CCNCC2)cc1. The van der Waals surface area contributed by atoms with Crippen molar-refractivity contribution in [1.82, 2.24) is 16.0 Å². The maximum absolute atomic E-state index is 5.48. The van der Waals surface area contributed by atoms with Gasteiger partial charge in [0.25, 0.3) is 0 Å². The zero-order valence-electron chi connectivity index (χ0n) is 13.0. The molecule has 1 aromatic rings. The molecule has 5 N–H and O–H groups in total. The molecule has 118 valence electrons. The first-order valence-electron chi connectivity index (χ1n) is 8.28. The first-order chi connectivity index (χ1) is 10.4. The summed E-state index contributed by atoms with van der Waals surface area (Å²) >= 11 is 0. The quantitative estimate of drug-likeness (QED) is 0.516. The van der Waals surface area contributed by atoms with Gasteiger partial charge in [0.05, 0.1) is 0 Å². The van der Waals surface area contributed by atoms with Gasteiger partial charge in [-0.25, -0.2) is 0 Å². The summed E-state index contributed by atoms with van der Waals surface area (Å²) in [4.78, 5) is 0. The molecule has 0 bridgehead atoms. The van der Waals surface area contributed by atoms with Gasteiger partial charge in [-0.15, -0.1) is 0 Å². The van der Waals surface area contributed by atoms with E-state index in [4.69, 9.17) is 5.73 Å². The van der Waals surface area contributed by atoms with Crippen molar-refractivity contribution in [2.45, 2.75) is 32.4 Å². The second-order valence-corrected chi connectivity index (χ2v) is 5.96. The Morgan fingerprint density at radius 2 is 1.62 bits per heavy atom. The molecule has 0 atom stereocenters. The van der Waals surface area contributed by atoms with Gasteiger partial charge in [0.1, 0.15) is 0 Å². The Labute approximate surface area is 128 Å². The highest BCUT2D eigenvalue weighted by atomic mass is 14.9. The highest BCUT2D eigenvalue weighted by Gasteiger charge is 2.11. The summed E-state index contributed by atoms with van der Waals surface area (Å²) in [5.41, 5.74) is 8.19. The van der Waals surface area contributed by atoms with Crippen molar-refractivity contribution in [3.8, 4) is 0 Å². The van der Waals surface area contributed by atoms with Gasteiger partial charge in [0.15, 0.2) is 0 Å². The third-order valence-corrected chi connectivity index (χ3v) is 4.13. The molecule has 1 aliphatic rings. The average Bonchev–Trinajstić information content (AvgIpc) is 2.54. The predicted molar refractivity (Wildman–Crippen MR) is 89.1 cm³/mol. The molecular formula is C17H30N4. The maximum atomic E-state index is 5.48. The van der Waals surface area contributed by atoms with E-state index in [1.165, 1.54) is 37.1 Å². The Hall–Kier alpha value is -0.940. The summed E-state index contributed by atoms with van der Waals surface area (Å²) in [6, 6.07) is 8.90. The van der Waals surface area contributed by atoms with E-state index in [-0.39, 0.29) is 0 Å². The standard InChI is InChI=1S/C17H30N4/c18-8-1-9-20-12-15-2-4-16(5-3-15)13-21-14-17-6-10-19-11-7-17/h2-5,17,19-21H,1,6-14,18H2. The van der Waals surface area contributed by atoms with Gasteiger partial charge in [-0.2, -0.15) is 0 Å². The van der Waals surface area contributed by atoms with E-state index in [1.54, 1.807) is 0 Å². The second kappa shape index (κ2) is 9.90. The van der Waals surface area contributed by atoms with E-state index in [0.29, 0.717) is 0 Å². The molecule has 0 saturated carbocycles. The first-order valence-corrected chi connectivity index (χ1v) is 8.28. The molecule has 0 radical (unpaired) electrons. The lowest BCUT2D eigenvalue weighted by molar-refractivity contribution is 0.356. The summed E-state index contributed by atoms with van der Waals surface area (Å²) < 4.78 is 0. The van der Waals surface area contributed by atoms with E-state index in [0.717, 1.165) is 45.1 Å². The molecule has 1 fully saturated rings. The van der Waals surface area contributed by atoms with E-state index in [2.05, 4.69) is 40.2 Å². The fraction of sp³-hybridized carbons (Fsp3) is 0.647. The highest BCUT2D eigenvalue weighted by Crippen LogP contribution is 2.10. The van der Waals surface area contributed by atoms with Crippen molar-refractivity contribution >= 4 is 0 Å². The van der Waals surface area contributed by atoms with Gasteiger partial charge in [0.2, 0.25) is 0 Å². The molecule has 1 aromatic carbocycles. The third kappa shape index (κ3) is 6.57. The third-order valence-electron chi connectivity index (χ3n) is 4.13. The van der Waals surface area contributed by atoms with Crippen molar-refractivity contribution in [2.24, 2.45) is 11.7 Å². The lowest BCUT2D eigenvalue weighted by atomic mass is 9.98. The van der Waals surface area contributed by atoms with Crippen molar-refractivity contribution < 1.29 is 0 Å². The van der Waals surface area contributed by atoms with Gasteiger partial charge in [-0.3, -0.25) is 0 Å². The van der Waals surface area contributed by atoms with Crippen LogP contribution in [0.25, 0.3) is 0 Å². The van der Waals surface area contributed by atoms with Crippen LogP contribution in [0.5, 0.6) is 0 Å². The highest BCUT2D eigenvalue weighted by molar-refractivity contribution is 5.22. The van der Waals surface area contributed by atoms with Crippen LogP contribution in [0.15, 0.2) is 24.3 Å². The van der Waals surface area contributed by atoms with Crippen LogP contribution in [0.3, 0.4) is 0 Å². The van der Waals surface area contributed by atoms with Crippen LogP contribution >= 0.6 is 0 Å². The minimum absolute atomic E-state index is 0.759. The lowest BCUT2D eigenvalue weighted by Crippen LogP contribution is -2.33. The van der Waals surface area contributed by atoms with Crippen LogP contribution in [0.2, 0.25) is 0 Å². The molecule has 4 heteroatoms.